The third-order valence-corrected chi connectivity index (χ3v) is 5.82. The summed E-state index contributed by atoms with van der Waals surface area (Å²) < 4.78 is 37.5. The molecule has 9 nitrogen and oxygen atoms in total. The summed E-state index contributed by atoms with van der Waals surface area (Å²) in [5.41, 5.74) is 4.41. The number of carbonyl (C=O) groups excluding carboxylic acids is 2. The molecule has 0 spiro atoms. The van der Waals surface area contributed by atoms with Crippen LogP contribution in [-0.2, 0) is 21.4 Å². The van der Waals surface area contributed by atoms with E-state index in [0.29, 0.717) is 16.5 Å². The van der Waals surface area contributed by atoms with Gasteiger partial charge in [-0.15, -0.1) is 0 Å². The van der Waals surface area contributed by atoms with E-state index in [4.69, 9.17) is 20.8 Å². The summed E-state index contributed by atoms with van der Waals surface area (Å²) in [6.07, 6.45) is -0.193. The predicted molar refractivity (Wildman–Crippen MR) is 116 cm³/mol. The standard InChI is InChI=1S/C21H20ClN3O6S/c22-15-6-9-18(10-7-15)32(28,29)23-13-12-20(26)24-25-21(27)19-11-8-17(31-19)14-30-16-4-2-1-3-5-16/h1-11,23H,12-14H2,(H,24,26)(H,25,27). The van der Waals surface area contributed by atoms with Crippen molar-refractivity contribution < 1.29 is 27.2 Å². The molecule has 0 saturated heterocycles. The van der Waals surface area contributed by atoms with E-state index in [1.807, 2.05) is 18.2 Å². The summed E-state index contributed by atoms with van der Waals surface area (Å²) in [6.45, 7) is -0.0220. The van der Waals surface area contributed by atoms with Gasteiger partial charge in [0, 0.05) is 18.0 Å². The van der Waals surface area contributed by atoms with Gasteiger partial charge in [0.15, 0.2) is 5.76 Å². The summed E-state index contributed by atoms with van der Waals surface area (Å²) in [5, 5.41) is 0.409. The van der Waals surface area contributed by atoms with Crippen LogP contribution in [0.3, 0.4) is 0 Å². The number of hydrogen-bond donors (Lipinski definition) is 3. The van der Waals surface area contributed by atoms with Gasteiger partial charge in [-0.3, -0.25) is 20.4 Å². The van der Waals surface area contributed by atoms with Crippen LogP contribution in [0.5, 0.6) is 5.75 Å². The van der Waals surface area contributed by atoms with Gasteiger partial charge in [-0.1, -0.05) is 29.8 Å². The molecule has 0 fully saturated rings. The lowest BCUT2D eigenvalue weighted by Gasteiger charge is -2.08. The van der Waals surface area contributed by atoms with Gasteiger partial charge in [0.2, 0.25) is 15.9 Å². The van der Waals surface area contributed by atoms with Crippen molar-refractivity contribution in [3.8, 4) is 5.75 Å². The average Bonchev–Trinajstić information content (AvgIpc) is 3.26. The summed E-state index contributed by atoms with van der Waals surface area (Å²) >= 11 is 5.74. The minimum absolute atomic E-state index is 0.0135. The van der Waals surface area contributed by atoms with Crippen LogP contribution in [0.15, 0.2) is 76.0 Å². The van der Waals surface area contributed by atoms with Gasteiger partial charge in [-0.05, 0) is 48.5 Å². The topological polar surface area (TPSA) is 127 Å². The van der Waals surface area contributed by atoms with Crippen LogP contribution >= 0.6 is 11.6 Å². The number of para-hydroxylation sites is 1. The van der Waals surface area contributed by atoms with Crippen molar-refractivity contribution in [1.82, 2.24) is 15.6 Å². The van der Waals surface area contributed by atoms with Crippen molar-refractivity contribution >= 4 is 33.4 Å². The molecular weight excluding hydrogens is 458 g/mol. The molecule has 0 saturated carbocycles. The summed E-state index contributed by atoms with van der Waals surface area (Å²) in [7, 11) is -3.77. The Kier molecular flexibility index (Phi) is 7.87. The molecule has 3 aromatic rings. The molecule has 3 rings (SSSR count). The summed E-state index contributed by atoms with van der Waals surface area (Å²) in [4.78, 5) is 24.0. The Bertz CT molecular complexity index is 1160. The van der Waals surface area contributed by atoms with Crippen LogP contribution in [0.25, 0.3) is 0 Å². The molecule has 0 aliphatic rings. The van der Waals surface area contributed by atoms with Crippen molar-refractivity contribution in [2.24, 2.45) is 0 Å². The lowest BCUT2D eigenvalue weighted by molar-refractivity contribution is -0.121. The second-order valence-electron chi connectivity index (χ2n) is 6.47. The van der Waals surface area contributed by atoms with Crippen LogP contribution < -0.4 is 20.3 Å². The second kappa shape index (κ2) is 10.8. The number of amides is 2. The highest BCUT2D eigenvalue weighted by Crippen LogP contribution is 2.14. The Morgan fingerprint density at radius 2 is 1.66 bits per heavy atom. The van der Waals surface area contributed by atoms with E-state index in [-0.39, 0.29) is 30.2 Å². The van der Waals surface area contributed by atoms with E-state index in [2.05, 4.69) is 15.6 Å². The number of halogens is 1. The smallest absolute Gasteiger partial charge is 0.305 e. The van der Waals surface area contributed by atoms with Gasteiger partial charge in [0.05, 0.1) is 4.90 Å². The molecule has 0 radical (unpaired) electrons. The number of carbonyl (C=O) groups is 2. The fourth-order valence-electron chi connectivity index (χ4n) is 2.50. The third-order valence-electron chi connectivity index (χ3n) is 4.09. The Morgan fingerprint density at radius 3 is 2.38 bits per heavy atom. The van der Waals surface area contributed by atoms with Crippen molar-refractivity contribution in [3.05, 3.63) is 83.3 Å². The zero-order valence-electron chi connectivity index (χ0n) is 16.7. The summed E-state index contributed by atoms with van der Waals surface area (Å²) in [5.74, 6) is -0.168. The molecule has 32 heavy (non-hydrogen) atoms. The molecule has 0 unspecified atom stereocenters. The number of furan rings is 1. The lowest BCUT2D eigenvalue weighted by Crippen LogP contribution is -2.42. The van der Waals surface area contributed by atoms with Gasteiger partial charge in [-0.25, -0.2) is 13.1 Å². The van der Waals surface area contributed by atoms with E-state index < -0.39 is 21.8 Å². The Labute approximate surface area is 189 Å². The molecule has 0 bridgehead atoms. The molecule has 2 aromatic carbocycles. The highest BCUT2D eigenvalue weighted by molar-refractivity contribution is 7.89. The number of hydrogen-bond acceptors (Lipinski definition) is 6. The Morgan fingerprint density at radius 1 is 0.938 bits per heavy atom. The van der Waals surface area contributed by atoms with E-state index in [9.17, 15) is 18.0 Å². The maximum atomic E-state index is 12.1. The highest BCUT2D eigenvalue weighted by Gasteiger charge is 2.15. The molecule has 168 valence electrons. The van der Waals surface area contributed by atoms with E-state index in [1.54, 1.807) is 18.2 Å². The minimum atomic E-state index is -3.77. The number of ether oxygens (including phenoxy) is 1. The first kappa shape index (κ1) is 23.3. The van der Waals surface area contributed by atoms with Crippen molar-refractivity contribution in [2.45, 2.75) is 17.9 Å². The normalized spacial score (nSPS) is 11.0. The zero-order valence-corrected chi connectivity index (χ0v) is 18.3. The molecule has 0 atom stereocenters. The van der Waals surface area contributed by atoms with E-state index in [1.165, 1.54) is 30.3 Å². The first-order valence-corrected chi connectivity index (χ1v) is 11.3. The monoisotopic (exact) mass is 477 g/mol. The SMILES string of the molecule is O=C(CCNS(=O)(=O)c1ccc(Cl)cc1)NNC(=O)c1ccc(COc2ccccc2)o1. The molecule has 11 heteroatoms. The van der Waals surface area contributed by atoms with Crippen molar-refractivity contribution in [3.63, 3.8) is 0 Å². The molecule has 0 aliphatic heterocycles. The van der Waals surface area contributed by atoms with E-state index in [0.717, 1.165) is 0 Å². The maximum Gasteiger partial charge on any atom is 0.305 e. The van der Waals surface area contributed by atoms with Gasteiger partial charge >= 0.3 is 5.91 Å². The largest absolute Gasteiger partial charge is 0.486 e. The number of rotatable bonds is 9. The highest BCUT2D eigenvalue weighted by atomic mass is 35.5. The Balaban J connectivity index is 1.39. The second-order valence-corrected chi connectivity index (χ2v) is 8.68. The summed E-state index contributed by atoms with van der Waals surface area (Å²) in [6, 6.07) is 17.8. The maximum absolute atomic E-state index is 12.1. The zero-order chi connectivity index (χ0) is 23.0. The van der Waals surface area contributed by atoms with Crippen LogP contribution in [0.1, 0.15) is 22.7 Å². The third kappa shape index (κ3) is 6.84. The first-order valence-electron chi connectivity index (χ1n) is 9.44. The van der Waals surface area contributed by atoms with Crippen LogP contribution in [0.4, 0.5) is 0 Å². The van der Waals surface area contributed by atoms with Gasteiger partial charge < -0.3 is 9.15 Å². The van der Waals surface area contributed by atoms with Crippen LogP contribution in [-0.4, -0.2) is 26.8 Å². The van der Waals surface area contributed by atoms with Crippen LogP contribution in [0.2, 0.25) is 5.02 Å². The molecule has 3 N–H and O–H groups in total. The van der Waals surface area contributed by atoms with E-state index >= 15 is 0 Å². The molecular formula is C21H20ClN3O6S. The van der Waals surface area contributed by atoms with Gasteiger partial charge in [-0.2, -0.15) is 0 Å². The minimum Gasteiger partial charge on any atom is -0.486 e. The fraction of sp³-hybridized carbons (Fsp3) is 0.143. The molecule has 1 aromatic heterocycles. The average molecular weight is 478 g/mol. The van der Waals surface area contributed by atoms with Crippen LogP contribution in [0, 0.1) is 0 Å². The molecule has 0 aliphatic carbocycles. The quantitative estimate of drug-likeness (QED) is 0.407. The number of benzene rings is 2. The van der Waals surface area contributed by atoms with Gasteiger partial charge in [0.25, 0.3) is 0 Å². The predicted octanol–water partition coefficient (Wildman–Crippen LogP) is 2.64. The Hall–Kier alpha value is -3.34. The van der Waals surface area contributed by atoms with Crippen molar-refractivity contribution in [1.29, 1.82) is 0 Å². The fourth-order valence-corrected chi connectivity index (χ4v) is 3.65. The number of hydrazine groups is 1. The van der Waals surface area contributed by atoms with Crippen molar-refractivity contribution in [2.75, 3.05) is 6.54 Å². The number of sulfonamides is 1. The number of nitrogens with one attached hydrogen (secondary N) is 3. The molecule has 1 heterocycles. The lowest BCUT2D eigenvalue weighted by atomic mass is 10.3. The molecule has 2 amide bonds. The van der Waals surface area contributed by atoms with Gasteiger partial charge in [0.1, 0.15) is 18.1 Å². The first-order chi connectivity index (χ1) is 15.3.